The second kappa shape index (κ2) is 10.3. The number of benzene rings is 1. The zero-order valence-corrected chi connectivity index (χ0v) is 19.4. The summed E-state index contributed by atoms with van der Waals surface area (Å²) in [5, 5.41) is 9.70. The van der Waals surface area contributed by atoms with Gasteiger partial charge in [-0.15, -0.1) is 0 Å². The number of amidine groups is 1. The van der Waals surface area contributed by atoms with Crippen molar-refractivity contribution in [2.45, 2.75) is 71.1 Å². The second-order valence-corrected chi connectivity index (χ2v) is 9.17. The van der Waals surface area contributed by atoms with Gasteiger partial charge in [-0.05, 0) is 36.5 Å². The average molecular weight is 441 g/mol. The summed E-state index contributed by atoms with van der Waals surface area (Å²) < 4.78 is 5.79. The molecule has 1 amide bonds. The first-order valence-electron chi connectivity index (χ1n) is 11.9. The predicted molar refractivity (Wildman–Crippen MR) is 125 cm³/mol. The Hall–Kier alpha value is -2.74. The molecule has 1 aromatic carbocycles. The van der Waals surface area contributed by atoms with Crippen molar-refractivity contribution in [1.29, 1.82) is 0 Å². The van der Waals surface area contributed by atoms with E-state index in [1.54, 1.807) is 0 Å². The van der Waals surface area contributed by atoms with Gasteiger partial charge in [0, 0.05) is 31.8 Å². The molecule has 3 aliphatic heterocycles. The van der Waals surface area contributed by atoms with Gasteiger partial charge < -0.3 is 20.0 Å². The van der Waals surface area contributed by atoms with Crippen molar-refractivity contribution in [3.8, 4) is 5.75 Å². The van der Waals surface area contributed by atoms with Crippen LogP contribution in [-0.2, 0) is 4.79 Å². The number of hydrogen-bond acceptors (Lipinski definition) is 7. The fourth-order valence-electron chi connectivity index (χ4n) is 4.29. The van der Waals surface area contributed by atoms with Crippen LogP contribution in [0.15, 0.2) is 41.8 Å². The third-order valence-corrected chi connectivity index (χ3v) is 6.15. The van der Waals surface area contributed by atoms with Crippen LogP contribution in [-0.4, -0.2) is 47.0 Å². The fraction of sp³-hybridized carbons (Fsp3) is 0.583. The van der Waals surface area contributed by atoms with E-state index in [0.717, 1.165) is 37.5 Å². The zero-order valence-electron chi connectivity index (χ0n) is 19.4. The molecule has 3 N–H and O–H groups in total. The Balaban J connectivity index is 1.30. The molecule has 3 unspecified atom stereocenters. The average Bonchev–Trinajstić information content (AvgIpc) is 3.41. The van der Waals surface area contributed by atoms with Gasteiger partial charge in [-0.25, -0.2) is 5.43 Å². The second-order valence-electron chi connectivity index (χ2n) is 9.17. The van der Waals surface area contributed by atoms with Gasteiger partial charge in [-0.3, -0.25) is 10.2 Å². The molecule has 4 rings (SSSR count). The minimum atomic E-state index is 0.0721. The SMILES string of the molecule is CCCCOc1ccc(C2CC3C4NN=C(CCC(=O)NCC(C)C)N4C=CN3N2)cc1. The monoisotopic (exact) mass is 440 g/mol. The summed E-state index contributed by atoms with van der Waals surface area (Å²) in [5.41, 5.74) is 8.16. The Morgan fingerprint density at radius 1 is 1.28 bits per heavy atom. The van der Waals surface area contributed by atoms with Gasteiger partial charge in [0.05, 0.1) is 18.7 Å². The maximum absolute atomic E-state index is 12.1. The van der Waals surface area contributed by atoms with Crippen LogP contribution in [0.2, 0.25) is 0 Å². The first kappa shape index (κ1) is 22.5. The van der Waals surface area contributed by atoms with E-state index in [1.807, 2.05) is 6.20 Å². The molecule has 1 aromatic rings. The molecule has 3 heterocycles. The molecular weight excluding hydrogens is 404 g/mol. The highest BCUT2D eigenvalue weighted by molar-refractivity contribution is 5.89. The number of amides is 1. The van der Waals surface area contributed by atoms with Gasteiger partial charge in [0.2, 0.25) is 5.91 Å². The van der Waals surface area contributed by atoms with Crippen molar-refractivity contribution in [2.24, 2.45) is 11.0 Å². The predicted octanol–water partition coefficient (Wildman–Crippen LogP) is 3.07. The summed E-state index contributed by atoms with van der Waals surface area (Å²) >= 11 is 0. The summed E-state index contributed by atoms with van der Waals surface area (Å²) in [6.07, 6.45) is 8.45. The molecule has 0 aliphatic carbocycles. The molecule has 3 aliphatic rings. The molecule has 0 aromatic heterocycles. The van der Waals surface area contributed by atoms with Crippen LogP contribution in [0.1, 0.15) is 64.5 Å². The van der Waals surface area contributed by atoms with Gasteiger partial charge in [0.1, 0.15) is 17.8 Å². The summed E-state index contributed by atoms with van der Waals surface area (Å²) in [6, 6.07) is 8.91. The lowest BCUT2D eigenvalue weighted by atomic mass is 9.99. The number of fused-ring (bicyclic) bond motifs is 3. The van der Waals surface area contributed by atoms with Crippen LogP contribution in [0.25, 0.3) is 0 Å². The third-order valence-electron chi connectivity index (χ3n) is 6.15. The van der Waals surface area contributed by atoms with E-state index in [4.69, 9.17) is 4.74 Å². The molecule has 8 heteroatoms. The smallest absolute Gasteiger partial charge is 0.220 e. The molecule has 3 atom stereocenters. The molecule has 174 valence electrons. The lowest BCUT2D eigenvalue weighted by Gasteiger charge is -2.37. The number of nitrogens with one attached hydrogen (secondary N) is 3. The van der Waals surface area contributed by atoms with Crippen LogP contribution in [0.5, 0.6) is 5.75 Å². The van der Waals surface area contributed by atoms with E-state index in [2.05, 4.69) is 82.4 Å². The molecule has 0 radical (unpaired) electrons. The number of rotatable bonds is 10. The Labute approximate surface area is 191 Å². The van der Waals surface area contributed by atoms with E-state index >= 15 is 0 Å². The first-order chi connectivity index (χ1) is 15.5. The van der Waals surface area contributed by atoms with E-state index in [-0.39, 0.29) is 24.2 Å². The number of nitrogens with zero attached hydrogens (tertiary/aromatic N) is 3. The van der Waals surface area contributed by atoms with Gasteiger partial charge in [-0.2, -0.15) is 5.10 Å². The number of hydrogen-bond donors (Lipinski definition) is 3. The van der Waals surface area contributed by atoms with Crippen LogP contribution in [0.3, 0.4) is 0 Å². The fourth-order valence-corrected chi connectivity index (χ4v) is 4.29. The lowest BCUT2D eigenvalue weighted by molar-refractivity contribution is -0.121. The van der Waals surface area contributed by atoms with Crippen LogP contribution in [0, 0.1) is 5.92 Å². The highest BCUT2D eigenvalue weighted by Gasteiger charge is 2.44. The Morgan fingerprint density at radius 3 is 2.84 bits per heavy atom. The Kier molecular flexibility index (Phi) is 7.19. The number of hydrazone groups is 1. The third kappa shape index (κ3) is 5.18. The molecule has 0 spiro atoms. The molecule has 8 nitrogen and oxygen atoms in total. The minimum Gasteiger partial charge on any atom is -0.494 e. The number of unbranched alkanes of at least 4 members (excludes halogenated alkanes) is 1. The largest absolute Gasteiger partial charge is 0.494 e. The van der Waals surface area contributed by atoms with Crippen molar-refractivity contribution >= 4 is 11.7 Å². The Bertz CT molecular complexity index is 837. The van der Waals surface area contributed by atoms with Crippen LogP contribution in [0.4, 0.5) is 0 Å². The summed E-state index contributed by atoms with van der Waals surface area (Å²) in [6.45, 7) is 7.84. The van der Waals surface area contributed by atoms with E-state index in [1.165, 1.54) is 5.56 Å². The number of ether oxygens (including phenoxy) is 1. The number of carbonyl (C=O) groups excluding carboxylic acids is 1. The standard InChI is InChI=1S/C24H36N6O2/c1-4-5-14-32-19-8-6-18(7-9-19)20-15-21-24-27-26-22(29(24)12-13-30(21)28-20)10-11-23(31)25-16-17(2)3/h6-9,12-13,17,20-21,24,27-28H,4-5,10-11,14-16H2,1-3H3,(H,25,31). The minimum absolute atomic E-state index is 0.0721. The maximum atomic E-state index is 12.1. The molecule has 32 heavy (non-hydrogen) atoms. The van der Waals surface area contributed by atoms with Gasteiger partial charge in [-0.1, -0.05) is 39.3 Å². The molecular formula is C24H36N6O2. The van der Waals surface area contributed by atoms with E-state index in [0.29, 0.717) is 25.3 Å². The maximum Gasteiger partial charge on any atom is 0.220 e. The lowest BCUT2D eigenvalue weighted by Crippen LogP contribution is -2.54. The van der Waals surface area contributed by atoms with Gasteiger partial charge in [0.25, 0.3) is 0 Å². The molecule has 1 fully saturated rings. The van der Waals surface area contributed by atoms with Crippen LogP contribution < -0.4 is 20.9 Å². The highest BCUT2D eigenvalue weighted by atomic mass is 16.5. The normalized spacial score (nSPS) is 23.6. The molecule has 0 saturated carbocycles. The van der Waals surface area contributed by atoms with E-state index in [9.17, 15) is 4.79 Å². The molecule has 1 saturated heterocycles. The van der Waals surface area contributed by atoms with Gasteiger partial charge >= 0.3 is 0 Å². The first-order valence-corrected chi connectivity index (χ1v) is 11.9. The van der Waals surface area contributed by atoms with E-state index < -0.39 is 0 Å². The van der Waals surface area contributed by atoms with Crippen LogP contribution >= 0.6 is 0 Å². The number of hydrazine groups is 1. The number of carbonyl (C=O) groups is 1. The van der Waals surface area contributed by atoms with Crippen molar-refractivity contribution in [2.75, 3.05) is 13.2 Å². The zero-order chi connectivity index (χ0) is 22.5. The van der Waals surface area contributed by atoms with Gasteiger partial charge in [0.15, 0.2) is 0 Å². The van der Waals surface area contributed by atoms with Crippen molar-refractivity contribution in [3.05, 3.63) is 42.2 Å². The quantitative estimate of drug-likeness (QED) is 0.485. The molecule has 0 bridgehead atoms. The van der Waals surface area contributed by atoms with Crippen molar-refractivity contribution < 1.29 is 9.53 Å². The Morgan fingerprint density at radius 2 is 2.09 bits per heavy atom. The topological polar surface area (TPSA) is 81.2 Å². The van der Waals surface area contributed by atoms with Crippen molar-refractivity contribution in [3.63, 3.8) is 0 Å². The summed E-state index contributed by atoms with van der Waals surface area (Å²) in [4.78, 5) is 14.3. The summed E-state index contributed by atoms with van der Waals surface area (Å²) in [7, 11) is 0. The van der Waals surface area contributed by atoms with Crippen molar-refractivity contribution in [1.82, 2.24) is 26.1 Å². The highest BCUT2D eigenvalue weighted by Crippen LogP contribution is 2.34. The summed E-state index contributed by atoms with van der Waals surface area (Å²) in [5.74, 6) is 2.38.